The molecule has 146 valence electrons. The largest absolute Gasteiger partial charge is 0.394 e. The summed E-state index contributed by atoms with van der Waals surface area (Å²) in [6.07, 6.45) is 6.19. The molecule has 3 N–H and O–H groups in total. The molecule has 0 spiro atoms. The van der Waals surface area contributed by atoms with E-state index in [1.807, 2.05) is 11.0 Å². The molecule has 1 saturated carbocycles. The highest BCUT2D eigenvalue weighted by atomic mass is 16.5. The average Bonchev–Trinajstić information content (AvgIpc) is 2.60. The van der Waals surface area contributed by atoms with Crippen LogP contribution in [0, 0.1) is 0 Å². The monoisotopic (exact) mass is 367 g/mol. The molecule has 0 radical (unpaired) electrons. The van der Waals surface area contributed by atoms with Gasteiger partial charge in [-0.05, 0) is 19.3 Å². The summed E-state index contributed by atoms with van der Waals surface area (Å²) in [6.45, 7) is 2.86. The van der Waals surface area contributed by atoms with Crippen molar-refractivity contribution in [1.82, 2.24) is 15.5 Å². The van der Waals surface area contributed by atoms with Gasteiger partial charge in [0, 0.05) is 19.1 Å². The molecular weight excluding hydrogens is 338 g/mol. The van der Waals surface area contributed by atoms with Gasteiger partial charge in [-0.1, -0.05) is 12.2 Å². The van der Waals surface area contributed by atoms with Crippen LogP contribution in [0.3, 0.4) is 0 Å². The molecule has 1 aliphatic carbocycles. The van der Waals surface area contributed by atoms with Crippen molar-refractivity contribution in [2.45, 2.75) is 50.0 Å². The lowest BCUT2D eigenvalue weighted by atomic mass is 9.93. The maximum absolute atomic E-state index is 12.2. The molecule has 8 nitrogen and oxygen atoms in total. The molecule has 8 heteroatoms. The molecule has 3 rings (SSSR count). The highest BCUT2D eigenvalue weighted by Crippen LogP contribution is 2.19. The number of ether oxygens (including phenoxy) is 2. The molecule has 26 heavy (non-hydrogen) atoms. The van der Waals surface area contributed by atoms with Crippen molar-refractivity contribution in [3.05, 3.63) is 12.2 Å². The zero-order valence-corrected chi connectivity index (χ0v) is 15.1. The summed E-state index contributed by atoms with van der Waals surface area (Å²) in [5, 5.41) is 15.5. The first-order valence-electron chi connectivity index (χ1n) is 9.47. The highest BCUT2D eigenvalue weighted by molar-refractivity contribution is 5.79. The van der Waals surface area contributed by atoms with Crippen molar-refractivity contribution >= 4 is 11.8 Å². The molecule has 0 aromatic heterocycles. The second kappa shape index (κ2) is 9.45. The van der Waals surface area contributed by atoms with Crippen molar-refractivity contribution < 1.29 is 24.2 Å². The Hall–Kier alpha value is -1.48. The molecule has 0 unspecified atom stereocenters. The van der Waals surface area contributed by atoms with Crippen LogP contribution in [0.5, 0.6) is 0 Å². The lowest BCUT2D eigenvalue weighted by Gasteiger charge is -2.33. The van der Waals surface area contributed by atoms with Gasteiger partial charge in [0.1, 0.15) is 6.10 Å². The van der Waals surface area contributed by atoms with Gasteiger partial charge in [-0.3, -0.25) is 14.5 Å². The van der Waals surface area contributed by atoms with Crippen LogP contribution in [-0.4, -0.2) is 85.6 Å². The van der Waals surface area contributed by atoms with Gasteiger partial charge in [0.15, 0.2) is 0 Å². The van der Waals surface area contributed by atoms with Gasteiger partial charge in [0.2, 0.25) is 11.8 Å². The van der Waals surface area contributed by atoms with Crippen molar-refractivity contribution in [3.63, 3.8) is 0 Å². The molecule has 2 heterocycles. The van der Waals surface area contributed by atoms with Crippen LogP contribution in [-0.2, 0) is 19.1 Å². The minimum Gasteiger partial charge on any atom is -0.394 e. The third kappa shape index (κ3) is 5.51. The first-order chi connectivity index (χ1) is 12.6. The normalized spacial score (nSPS) is 29.8. The third-order valence-corrected chi connectivity index (χ3v) is 5.12. The van der Waals surface area contributed by atoms with E-state index in [0.717, 1.165) is 25.9 Å². The fourth-order valence-electron chi connectivity index (χ4n) is 3.35. The van der Waals surface area contributed by atoms with Gasteiger partial charge >= 0.3 is 0 Å². The molecule has 1 saturated heterocycles. The zero-order valence-electron chi connectivity index (χ0n) is 15.1. The van der Waals surface area contributed by atoms with E-state index in [1.165, 1.54) is 6.42 Å². The molecular formula is C18H29N3O5. The van der Waals surface area contributed by atoms with Crippen LogP contribution < -0.4 is 10.6 Å². The molecule has 3 atom stereocenters. The summed E-state index contributed by atoms with van der Waals surface area (Å²) >= 11 is 0. The Morgan fingerprint density at radius 2 is 1.88 bits per heavy atom. The summed E-state index contributed by atoms with van der Waals surface area (Å²) in [5.41, 5.74) is 0. The Balaban J connectivity index is 1.45. The minimum atomic E-state index is -0.546. The Labute approximate surface area is 153 Å². The molecule has 3 aliphatic rings. The third-order valence-electron chi connectivity index (χ3n) is 5.12. The molecule has 2 fully saturated rings. The fourth-order valence-corrected chi connectivity index (χ4v) is 3.35. The first kappa shape index (κ1) is 19.3. The maximum Gasteiger partial charge on any atom is 0.234 e. The standard InChI is InChI=1S/C18H29N3O5/c22-12-16-15(20-18(24)11-21-6-8-25-9-7-21)5-4-14(26-16)10-17(23)19-13-2-1-3-13/h4-5,13-16,22H,1-3,6-12H2,(H,19,23)(H,20,24)/t14-,15+,16-/m1/s1. The van der Waals surface area contributed by atoms with Crippen LogP contribution in [0.2, 0.25) is 0 Å². The van der Waals surface area contributed by atoms with Crippen molar-refractivity contribution in [3.8, 4) is 0 Å². The number of nitrogens with zero attached hydrogens (tertiary/aromatic N) is 1. The Morgan fingerprint density at radius 1 is 1.12 bits per heavy atom. The van der Waals surface area contributed by atoms with Crippen molar-refractivity contribution in [2.75, 3.05) is 39.5 Å². The average molecular weight is 367 g/mol. The van der Waals surface area contributed by atoms with E-state index in [1.54, 1.807) is 6.08 Å². The predicted octanol–water partition coefficient (Wildman–Crippen LogP) is -0.822. The van der Waals surface area contributed by atoms with Crippen LogP contribution >= 0.6 is 0 Å². The molecule has 0 aromatic rings. The van der Waals surface area contributed by atoms with Gasteiger partial charge in [-0.25, -0.2) is 0 Å². The smallest absolute Gasteiger partial charge is 0.234 e. The van der Waals surface area contributed by atoms with Gasteiger partial charge in [-0.2, -0.15) is 0 Å². The van der Waals surface area contributed by atoms with E-state index in [4.69, 9.17) is 9.47 Å². The summed E-state index contributed by atoms with van der Waals surface area (Å²) in [4.78, 5) is 26.3. The van der Waals surface area contributed by atoms with Crippen LogP contribution in [0.15, 0.2) is 12.2 Å². The highest BCUT2D eigenvalue weighted by Gasteiger charge is 2.30. The number of hydrogen-bond donors (Lipinski definition) is 3. The van der Waals surface area contributed by atoms with E-state index in [0.29, 0.717) is 25.8 Å². The topological polar surface area (TPSA) is 100 Å². The zero-order chi connectivity index (χ0) is 18.4. The van der Waals surface area contributed by atoms with E-state index < -0.39 is 6.10 Å². The van der Waals surface area contributed by atoms with Gasteiger partial charge in [-0.15, -0.1) is 0 Å². The number of nitrogens with one attached hydrogen (secondary N) is 2. The fraction of sp³-hybridized carbons (Fsp3) is 0.778. The predicted molar refractivity (Wildman–Crippen MR) is 94.5 cm³/mol. The lowest BCUT2D eigenvalue weighted by Crippen LogP contribution is -2.52. The second-order valence-electron chi connectivity index (χ2n) is 7.16. The van der Waals surface area contributed by atoms with E-state index in [9.17, 15) is 14.7 Å². The second-order valence-corrected chi connectivity index (χ2v) is 7.16. The Kier molecular flexibility index (Phi) is 7.01. The summed E-state index contributed by atoms with van der Waals surface area (Å²) in [5.74, 6) is -0.138. The Bertz CT molecular complexity index is 517. The van der Waals surface area contributed by atoms with Gasteiger partial charge in [0.05, 0.1) is 44.9 Å². The molecule has 0 bridgehead atoms. The number of rotatable bonds is 7. The number of aliphatic hydroxyl groups is 1. The minimum absolute atomic E-state index is 0.0316. The lowest BCUT2D eigenvalue weighted by molar-refractivity contribution is -0.129. The summed E-state index contributed by atoms with van der Waals surface area (Å²) in [6, 6.07) is -0.0876. The number of carbonyl (C=O) groups is 2. The van der Waals surface area contributed by atoms with Crippen LogP contribution in [0.4, 0.5) is 0 Å². The molecule has 2 amide bonds. The number of amides is 2. The SMILES string of the molecule is O=C(C[C@H]1C=C[C@H](NC(=O)CN2CCOCC2)[C@@H](CO)O1)NC1CCC1. The van der Waals surface area contributed by atoms with Crippen molar-refractivity contribution in [2.24, 2.45) is 0 Å². The maximum atomic E-state index is 12.2. The summed E-state index contributed by atoms with van der Waals surface area (Å²) in [7, 11) is 0. The van der Waals surface area contributed by atoms with E-state index >= 15 is 0 Å². The number of hydrogen-bond acceptors (Lipinski definition) is 6. The molecule has 0 aromatic carbocycles. The van der Waals surface area contributed by atoms with Crippen LogP contribution in [0.25, 0.3) is 0 Å². The number of morpholine rings is 1. The molecule has 2 aliphatic heterocycles. The van der Waals surface area contributed by atoms with E-state index in [-0.39, 0.29) is 37.0 Å². The number of aliphatic hydroxyl groups excluding tert-OH is 1. The quantitative estimate of drug-likeness (QED) is 0.509. The summed E-state index contributed by atoms with van der Waals surface area (Å²) < 4.78 is 11.1. The van der Waals surface area contributed by atoms with Crippen LogP contribution in [0.1, 0.15) is 25.7 Å². The van der Waals surface area contributed by atoms with Gasteiger partial charge in [0.25, 0.3) is 0 Å². The first-order valence-corrected chi connectivity index (χ1v) is 9.47. The number of carbonyl (C=O) groups excluding carboxylic acids is 2. The van der Waals surface area contributed by atoms with E-state index in [2.05, 4.69) is 10.6 Å². The van der Waals surface area contributed by atoms with Crippen molar-refractivity contribution in [1.29, 1.82) is 0 Å². The van der Waals surface area contributed by atoms with Gasteiger partial charge < -0.3 is 25.2 Å². The Morgan fingerprint density at radius 3 is 2.54 bits per heavy atom.